The molecule has 1 N–H and O–H groups in total. The number of benzene rings is 1. The third-order valence-electron chi connectivity index (χ3n) is 2.90. The Morgan fingerprint density at radius 2 is 2.00 bits per heavy atom. The number of carbonyl (C=O) groups is 1. The number of aliphatic carboxylic acids is 1. The van der Waals surface area contributed by atoms with Gasteiger partial charge >= 0.3 is 5.97 Å². The minimum atomic E-state index is -3.91. The molecule has 5 nitrogen and oxygen atoms in total. The zero-order valence-electron chi connectivity index (χ0n) is 10.1. The summed E-state index contributed by atoms with van der Waals surface area (Å²) < 4.78 is 38.6. The highest BCUT2D eigenvalue weighted by molar-refractivity contribution is 7.89. The van der Waals surface area contributed by atoms with Gasteiger partial charge in [-0.05, 0) is 18.9 Å². The van der Waals surface area contributed by atoms with Crippen LogP contribution < -0.4 is 0 Å². The van der Waals surface area contributed by atoms with Crippen molar-refractivity contribution < 1.29 is 22.7 Å². The Morgan fingerprint density at radius 1 is 1.37 bits per heavy atom. The lowest BCUT2D eigenvalue weighted by Crippen LogP contribution is -2.36. The summed E-state index contributed by atoms with van der Waals surface area (Å²) in [7, 11) is -3.91. The predicted molar refractivity (Wildman–Crippen MR) is 66.4 cm³/mol. The number of rotatable bonds is 6. The van der Waals surface area contributed by atoms with E-state index in [1.807, 2.05) is 0 Å². The molecule has 1 fully saturated rings. The standard InChI is InChI=1S/C12H14FNO4S/c13-11-4-2-1-3-9(11)7-14(10-5-6-10)19(17,18)8-12(15)16/h1-4,10H,5-8H2,(H,15,16). The number of carboxylic acid groups (broad SMARTS) is 1. The van der Waals surface area contributed by atoms with E-state index in [4.69, 9.17) is 5.11 Å². The molecule has 0 heterocycles. The number of halogens is 1. The van der Waals surface area contributed by atoms with Crippen LogP contribution >= 0.6 is 0 Å². The highest BCUT2D eigenvalue weighted by Gasteiger charge is 2.38. The van der Waals surface area contributed by atoms with Crippen molar-refractivity contribution in [3.63, 3.8) is 0 Å². The molecular formula is C12H14FNO4S. The molecule has 0 atom stereocenters. The van der Waals surface area contributed by atoms with Crippen LogP contribution in [-0.4, -0.2) is 35.6 Å². The minimum absolute atomic E-state index is 0.118. The lowest BCUT2D eigenvalue weighted by molar-refractivity contribution is -0.134. The maximum atomic E-state index is 13.5. The van der Waals surface area contributed by atoms with E-state index < -0.39 is 27.6 Å². The van der Waals surface area contributed by atoms with E-state index in [1.54, 1.807) is 6.07 Å². The first-order valence-corrected chi connectivity index (χ1v) is 7.46. The molecule has 1 aromatic rings. The lowest BCUT2D eigenvalue weighted by atomic mass is 10.2. The van der Waals surface area contributed by atoms with Crippen molar-refractivity contribution in [2.45, 2.75) is 25.4 Å². The molecule has 0 unspecified atom stereocenters. The van der Waals surface area contributed by atoms with Gasteiger partial charge in [-0.15, -0.1) is 0 Å². The van der Waals surface area contributed by atoms with Crippen LogP contribution in [0.15, 0.2) is 24.3 Å². The van der Waals surface area contributed by atoms with E-state index in [-0.39, 0.29) is 18.2 Å². The zero-order valence-corrected chi connectivity index (χ0v) is 10.9. The van der Waals surface area contributed by atoms with Crippen molar-refractivity contribution in [1.29, 1.82) is 0 Å². The second-order valence-electron chi connectivity index (χ2n) is 4.52. The van der Waals surface area contributed by atoms with Gasteiger partial charge in [-0.2, -0.15) is 4.31 Å². The van der Waals surface area contributed by atoms with E-state index in [1.165, 1.54) is 18.2 Å². The van der Waals surface area contributed by atoms with Gasteiger partial charge in [-0.25, -0.2) is 12.8 Å². The van der Waals surface area contributed by atoms with Crippen LogP contribution in [0.5, 0.6) is 0 Å². The molecule has 0 saturated heterocycles. The van der Waals surface area contributed by atoms with E-state index in [0.29, 0.717) is 12.8 Å². The fourth-order valence-corrected chi connectivity index (χ4v) is 3.33. The molecule has 1 aromatic carbocycles. The van der Waals surface area contributed by atoms with Gasteiger partial charge < -0.3 is 5.11 Å². The van der Waals surface area contributed by atoms with Crippen LogP contribution in [0.3, 0.4) is 0 Å². The van der Waals surface area contributed by atoms with Crippen molar-refractivity contribution in [3.8, 4) is 0 Å². The zero-order chi connectivity index (χ0) is 14.0. The van der Waals surface area contributed by atoms with Crippen LogP contribution in [-0.2, 0) is 21.4 Å². The van der Waals surface area contributed by atoms with Crippen LogP contribution in [0.2, 0.25) is 0 Å². The normalized spacial score (nSPS) is 15.7. The molecular weight excluding hydrogens is 273 g/mol. The summed E-state index contributed by atoms with van der Waals surface area (Å²) in [6, 6.07) is 5.69. The Bertz CT molecular complexity index is 583. The quantitative estimate of drug-likeness (QED) is 0.853. The second kappa shape index (κ2) is 5.26. The summed E-state index contributed by atoms with van der Waals surface area (Å²) in [4.78, 5) is 10.6. The second-order valence-corrected chi connectivity index (χ2v) is 6.44. The molecule has 104 valence electrons. The summed E-state index contributed by atoms with van der Waals surface area (Å²) in [5.74, 6) is -2.85. The number of sulfonamides is 1. The smallest absolute Gasteiger partial charge is 0.320 e. The molecule has 0 bridgehead atoms. The Hall–Kier alpha value is -1.47. The average molecular weight is 287 g/mol. The number of nitrogens with zero attached hydrogens (tertiary/aromatic N) is 1. The molecule has 0 aliphatic heterocycles. The maximum Gasteiger partial charge on any atom is 0.320 e. The third kappa shape index (κ3) is 3.51. The first-order valence-electron chi connectivity index (χ1n) is 5.85. The fraction of sp³-hybridized carbons (Fsp3) is 0.417. The van der Waals surface area contributed by atoms with Crippen molar-refractivity contribution >= 4 is 16.0 Å². The summed E-state index contributed by atoms with van der Waals surface area (Å²) in [5.41, 5.74) is 0.253. The summed E-state index contributed by atoms with van der Waals surface area (Å²) in [6.07, 6.45) is 1.38. The molecule has 1 saturated carbocycles. The third-order valence-corrected chi connectivity index (χ3v) is 4.65. The molecule has 0 amide bonds. The maximum absolute atomic E-state index is 13.5. The topological polar surface area (TPSA) is 74.7 Å². The first-order chi connectivity index (χ1) is 8.90. The van der Waals surface area contributed by atoms with E-state index in [0.717, 1.165) is 4.31 Å². The van der Waals surface area contributed by atoms with E-state index in [2.05, 4.69) is 0 Å². The van der Waals surface area contributed by atoms with Gasteiger partial charge in [0.05, 0.1) is 0 Å². The summed E-state index contributed by atoms with van der Waals surface area (Å²) >= 11 is 0. The Labute approximate surface area is 110 Å². The Kier molecular flexibility index (Phi) is 3.86. The average Bonchev–Trinajstić information content (AvgIpc) is 3.09. The van der Waals surface area contributed by atoms with Crippen LogP contribution in [0.4, 0.5) is 4.39 Å². The highest BCUT2D eigenvalue weighted by atomic mass is 32.2. The predicted octanol–water partition coefficient (Wildman–Crippen LogP) is 1.20. The Morgan fingerprint density at radius 3 is 2.53 bits per heavy atom. The van der Waals surface area contributed by atoms with Crippen LogP contribution in [0.25, 0.3) is 0 Å². The molecule has 7 heteroatoms. The highest BCUT2D eigenvalue weighted by Crippen LogP contribution is 2.31. The molecule has 2 rings (SSSR count). The van der Waals surface area contributed by atoms with E-state index in [9.17, 15) is 17.6 Å². The molecule has 19 heavy (non-hydrogen) atoms. The summed E-state index contributed by atoms with van der Waals surface area (Å²) in [5, 5.41) is 8.64. The molecule has 0 spiro atoms. The van der Waals surface area contributed by atoms with Crippen molar-refractivity contribution in [3.05, 3.63) is 35.6 Å². The largest absolute Gasteiger partial charge is 0.480 e. The fourth-order valence-electron chi connectivity index (χ4n) is 1.85. The van der Waals surface area contributed by atoms with Gasteiger partial charge in [0.25, 0.3) is 0 Å². The van der Waals surface area contributed by atoms with Crippen molar-refractivity contribution in [2.24, 2.45) is 0 Å². The minimum Gasteiger partial charge on any atom is -0.480 e. The van der Waals surface area contributed by atoms with Gasteiger partial charge in [0.15, 0.2) is 5.75 Å². The Balaban J connectivity index is 2.22. The van der Waals surface area contributed by atoms with Gasteiger partial charge in [-0.1, -0.05) is 18.2 Å². The molecule has 1 aliphatic rings. The van der Waals surface area contributed by atoms with Crippen LogP contribution in [0, 0.1) is 5.82 Å². The SMILES string of the molecule is O=C(O)CS(=O)(=O)N(Cc1ccccc1F)C1CC1. The number of hydrogen-bond acceptors (Lipinski definition) is 3. The lowest BCUT2D eigenvalue weighted by Gasteiger charge is -2.21. The van der Waals surface area contributed by atoms with Crippen molar-refractivity contribution in [2.75, 3.05) is 5.75 Å². The number of hydrogen-bond donors (Lipinski definition) is 1. The first kappa shape index (κ1) is 14.0. The molecule has 0 aromatic heterocycles. The van der Waals surface area contributed by atoms with Crippen molar-refractivity contribution in [1.82, 2.24) is 4.31 Å². The molecule has 0 radical (unpaired) electrons. The van der Waals surface area contributed by atoms with Gasteiger partial charge in [0.2, 0.25) is 10.0 Å². The van der Waals surface area contributed by atoms with Crippen LogP contribution in [0.1, 0.15) is 18.4 Å². The summed E-state index contributed by atoms with van der Waals surface area (Å²) in [6.45, 7) is -0.118. The monoisotopic (exact) mass is 287 g/mol. The van der Waals surface area contributed by atoms with Gasteiger partial charge in [0.1, 0.15) is 5.82 Å². The van der Waals surface area contributed by atoms with Gasteiger partial charge in [-0.3, -0.25) is 4.79 Å². The number of carboxylic acids is 1. The van der Waals surface area contributed by atoms with E-state index >= 15 is 0 Å². The molecule has 1 aliphatic carbocycles. The van der Waals surface area contributed by atoms with Gasteiger partial charge in [0, 0.05) is 18.2 Å².